The van der Waals surface area contributed by atoms with Gasteiger partial charge >= 0.3 is 6.09 Å². The van der Waals surface area contributed by atoms with E-state index in [1.54, 1.807) is 17.6 Å². The first kappa shape index (κ1) is 13.5. The lowest BCUT2D eigenvalue weighted by molar-refractivity contribution is 0.0529. The highest BCUT2D eigenvalue weighted by Crippen LogP contribution is 2.24. The summed E-state index contributed by atoms with van der Waals surface area (Å²) in [6, 6.07) is 8.06. The zero-order valence-corrected chi connectivity index (χ0v) is 12.0. The van der Waals surface area contributed by atoms with E-state index in [0.29, 0.717) is 0 Å². The molecule has 19 heavy (non-hydrogen) atoms. The highest BCUT2D eigenvalue weighted by atomic mass is 32.1. The number of carbonyl (C=O) groups is 1. The molecule has 2 rings (SSSR count). The third-order valence-electron chi connectivity index (χ3n) is 2.27. The lowest BCUT2D eigenvalue weighted by atomic mass is 10.2. The van der Waals surface area contributed by atoms with Crippen LogP contribution >= 0.6 is 11.3 Å². The molecule has 0 aliphatic heterocycles. The van der Waals surface area contributed by atoms with E-state index in [0.717, 1.165) is 10.9 Å². The number of ether oxygens (including phenoxy) is 1. The van der Waals surface area contributed by atoms with Crippen molar-refractivity contribution in [2.75, 3.05) is 0 Å². The summed E-state index contributed by atoms with van der Waals surface area (Å²) in [6.07, 6.45) is 1.08. The molecule has 0 saturated carbocycles. The maximum Gasteiger partial charge on any atom is 0.428 e. The summed E-state index contributed by atoms with van der Waals surface area (Å²) in [6.45, 7) is 5.42. The SMILES string of the molecule is CC(C)(C)OC(=O)NN=Cc1csc2ccccc12. The number of rotatable bonds is 2. The summed E-state index contributed by atoms with van der Waals surface area (Å²) in [5.41, 5.74) is 2.82. The molecule has 0 radical (unpaired) electrons. The van der Waals surface area contributed by atoms with E-state index in [2.05, 4.69) is 16.6 Å². The van der Waals surface area contributed by atoms with Crippen molar-refractivity contribution in [2.24, 2.45) is 5.10 Å². The molecule has 1 heterocycles. The molecule has 0 aliphatic rings. The van der Waals surface area contributed by atoms with Crippen molar-refractivity contribution in [1.82, 2.24) is 5.43 Å². The number of hydrogen-bond donors (Lipinski definition) is 1. The number of thiophene rings is 1. The lowest BCUT2D eigenvalue weighted by Gasteiger charge is -2.18. The number of carbonyl (C=O) groups excluding carboxylic acids is 1. The van der Waals surface area contributed by atoms with Gasteiger partial charge in [0.15, 0.2) is 0 Å². The second kappa shape index (κ2) is 5.40. The minimum Gasteiger partial charge on any atom is -0.443 e. The van der Waals surface area contributed by atoms with Crippen LogP contribution in [0.15, 0.2) is 34.7 Å². The molecule has 0 spiro atoms. The van der Waals surface area contributed by atoms with Gasteiger partial charge in [0.1, 0.15) is 5.60 Å². The first-order valence-corrected chi connectivity index (χ1v) is 6.82. The van der Waals surface area contributed by atoms with Gasteiger partial charge in [-0.05, 0) is 26.8 Å². The maximum atomic E-state index is 11.4. The second-order valence-corrected chi connectivity index (χ2v) is 5.97. The summed E-state index contributed by atoms with van der Waals surface area (Å²) in [5.74, 6) is 0. The Hall–Kier alpha value is -1.88. The Morgan fingerprint density at radius 2 is 2.11 bits per heavy atom. The number of nitrogens with one attached hydrogen (secondary N) is 1. The minimum absolute atomic E-state index is 0.519. The maximum absolute atomic E-state index is 11.4. The van der Waals surface area contributed by atoms with Crippen LogP contribution in [0, 0.1) is 0 Å². The number of hydrazone groups is 1. The summed E-state index contributed by atoms with van der Waals surface area (Å²) in [7, 11) is 0. The Labute approximate surface area is 116 Å². The van der Waals surface area contributed by atoms with E-state index in [9.17, 15) is 4.79 Å². The van der Waals surface area contributed by atoms with Crippen LogP contribution in [-0.2, 0) is 4.74 Å². The van der Waals surface area contributed by atoms with Crippen molar-refractivity contribution >= 4 is 33.7 Å². The van der Waals surface area contributed by atoms with Gasteiger partial charge in [-0.1, -0.05) is 18.2 Å². The van der Waals surface area contributed by atoms with Gasteiger partial charge in [0.2, 0.25) is 0 Å². The van der Waals surface area contributed by atoms with E-state index in [1.165, 1.54) is 4.70 Å². The predicted octanol–water partition coefficient (Wildman–Crippen LogP) is 3.76. The van der Waals surface area contributed by atoms with Crippen LogP contribution in [0.4, 0.5) is 4.79 Å². The summed E-state index contributed by atoms with van der Waals surface area (Å²) >= 11 is 1.65. The minimum atomic E-state index is -0.553. The Morgan fingerprint density at radius 3 is 2.84 bits per heavy atom. The summed E-state index contributed by atoms with van der Waals surface area (Å²) < 4.78 is 6.28. The third-order valence-corrected chi connectivity index (χ3v) is 3.25. The molecule has 100 valence electrons. The average Bonchev–Trinajstić information content (AvgIpc) is 2.70. The van der Waals surface area contributed by atoms with Crippen LogP contribution in [0.2, 0.25) is 0 Å². The molecule has 0 saturated heterocycles. The molecule has 0 atom stereocenters. The van der Waals surface area contributed by atoms with Crippen LogP contribution < -0.4 is 5.43 Å². The van der Waals surface area contributed by atoms with Gasteiger partial charge in [0.05, 0.1) is 6.21 Å². The zero-order valence-electron chi connectivity index (χ0n) is 11.1. The molecule has 0 unspecified atom stereocenters. The van der Waals surface area contributed by atoms with Gasteiger partial charge < -0.3 is 4.74 Å². The van der Waals surface area contributed by atoms with Crippen molar-refractivity contribution in [1.29, 1.82) is 0 Å². The largest absolute Gasteiger partial charge is 0.443 e. The smallest absolute Gasteiger partial charge is 0.428 e. The van der Waals surface area contributed by atoms with Crippen LogP contribution in [0.25, 0.3) is 10.1 Å². The van der Waals surface area contributed by atoms with Gasteiger partial charge in [-0.15, -0.1) is 11.3 Å². The standard InChI is InChI=1S/C14H16N2O2S/c1-14(2,3)18-13(17)16-15-8-10-9-19-12-7-5-4-6-11(10)12/h4-9H,1-3H3,(H,16,17). The van der Waals surface area contributed by atoms with Crippen LogP contribution in [0.1, 0.15) is 26.3 Å². The molecule has 1 aromatic heterocycles. The van der Waals surface area contributed by atoms with E-state index in [4.69, 9.17) is 4.74 Å². The molecule has 2 aromatic rings. The second-order valence-electron chi connectivity index (χ2n) is 5.06. The molecule has 0 fully saturated rings. The van der Waals surface area contributed by atoms with Crippen molar-refractivity contribution in [2.45, 2.75) is 26.4 Å². The van der Waals surface area contributed by atoms with E-state index >= 15 is 0 Å². The van der Waals surface area contributed by atoms with E-state index in [-0.39, 0.29) is 0 Å². The molecule has 1 amide bonds. The van der Waals surface area contributed by atoms with E-state index < -0.39 is 11.7 Å². The molecular weight excluding hydrogens is 260 g/mol. The molecular formula is C14H16N2O2S. The molecule has 1 aromatic carbocycles. The first-order chi connectivity index (χ1) is 8.96. The van der Waals surface area contributed by atoms with Gasteiger partial charge in [-0.3, -0.25) is 0 Å². The molecule has 1 N–H and O–H groups in total. The number of benzene rings is 1. The predicted molar refractivity (Wildman–Crippen MR) is 78.8 cm³/mol. The monoisotopic (exact) mass is 276 g/mol. The summed E-state index contributed by atoms with van der Waals surface area (Å²) in [4.78, 5) is 11.4. The Kier molecular flexibility index (Phi) is 3.85. The normalized spacial score (nSPS) is 11.9. The fourth-order valence-corrected chi connectivity index (χ4v) is 2.47. The molecule has 0 aliphatic carbocycles. The van der Waals surface area contributed by atoms with Gasteiger partial charge in [0.25, 0.3) is 0 Å². The van der Waals surface area contributed by atoms with Crippen molar-refractivity contribution < 1.29 is 9.53 Å². The number of nitrogens with zero attached hydrogens (tertiary/aromatic N) is 1. The van der Waals surface area contributed by atoms with Crippen molar-refractivity contribution in [3.05, 3.63) is 35.2 Å². The number of hydrogen-bond acceptors (Lipinski definition) is 4. The van der Waals surface area contributed by atoms with Gasteiger partial charge in [-0.2, -0.15) is 5.10 Å². The van der Waals surface area contributed by atoms with Gasteiger partial charge in [-0.25, -0.2) is 10.2 Å². The Morgan fingerprint density at radius 1 is 1.37 bits per heavy atom. The fraction of sp³-hybridized carbons (Fsp3) is 0.286. The van der Waals surface area contributed by atoms with Crippen LogP contribution in [0.3, 0.4) is 0 Å². The zero-order chi connectivity index (χ0) is 13.9. The highest BCUT2D eigenvalue weighted by Gasteiger charge is 2.15. The molecule has 4 nitrogen and oxygen atoms in total. The van der Waals surface area contributed by atoms with Crippen LogP contribution in [-0.4, -0.2) is 17.9 Å². The molecule has 0 bridgehead atoms. The van der Waals surface area contributed by atoms with Gasteiger partial charge in [0, 0.05) is 21.0 Å². The topological polar surface area (TPSA) is 50.7 Å². The number of amides is 1. The summed E-state index contributed by atoms with van der Waals surface area (Å²) in [5, 5.41) is 7.04. The van der Waals surface area contributed by atoms with Crippen molar-refractivity contribution in [3.63, 3.8) is 0 Å². The van der Waals surface area contributed by atoms with Crippen LogP contribution in [0.5, 0.6) is 0 Å². The quantitative estimate of drug-likeness (QED) is 0.670. The van der Waals surface area contributed by atoms with E-state index in [1.807, 2.05) is 44.4 Å². The Balaban J connectivity index is 2.01. The Bertz CT molecular complexity index is 611. The third kappa shape index (κ3) is 3.79. The number of fused-ring (bicyclic) bond motifs is 1. The highest BCUT2D eigenvalue weighted by molar-refractivity contribution is 7.17. The lowest BCUT2D eigenvalue weighted by Crippen LogP contribution is -2.29. The fourth-order valence-electron chi connectivity index (χ4n) is 1.55. The van der Waals surface area contributed by atoms with Crippen molar-refractivity contribution in [3.8, 4) is 0 Å². The first-order valence-electron chi connectivity index (χ1n) is 5.94. The average molecular weight is 276 g/mol. The molecule has 5 heteroatoms.